The Morgan fingerprint density at radius 3 is 2.82 bits per heavy atom. The predicted octanol–water partition coefficient (Wildman–Crippen LogP) is 2.93. The molecule has 3 rings (SSSR count). The first-order valence-electron chi connectivity index (χ1n) is 9.42. The molecule has 1 aromatic heterocycles. The topological polar surface area (TPSA) is 81.2 Å². The van der Waals surface area contributed by atoms with E-state index in [-0.39, 0.29) is 18.3 Å². The third-order valence-electron chi connectivity index (χ3n) is 5.02. The number of rotatable bonds is 6. The molecule has 0 bridgehead atoms. The molecular weight excluding hydrogens is 361 g/mol. The highest BCUT2D eigenvalue weighted by molar-refractivity contribution is 6.36. The summed E-state index contributed by atoms with van der Waals surface area (Å²) in [5.41, 5.74) is 3.25. The summed E-state index contributed by atoms with van der Waals surface area (Å²) in [5, 5.41) is 2.61. The fourth-order valence-corrected chi connectivity index (χ4v) is 3.16. The molecule has 0 aliphatic carbocycles. The van der Waals surface area contributed by atoms with Gasteiger partial charge in [0.1, 0.15) is 17.7 Å². The van der Waals surface area contributed by atoms with Gasteiger partial charge in [-0.3, -0.25) is 14.6 Å². The van der Waals surface area contributed by atoms with Gasteiger partial charge in [0.25, 0.3) is 5.91 Å². The fourth-order valence-electron chi connectivity index (χ4n) is 3.16. The molecule has 7 heteroatoms. The fraction of sp³-hybridized carbons (Fsp3) is 0.429. The van der Waals surface area contributed by atoms with Crippen LogP contribution >= 0.6 is 0 Å². The van der Waals surface area contributed by atoms with Crippen molar-refractivity contribution in [2.75, 3.05) is 6.54 Å². The molecule has 148 valence electrons. The number of fused-ring (bicyclic) bond motifs is 1. The van der Waals surface area contributed by atoms with Crippen molar-refractivity contribution in [3.8, 4) is 17.0 Å². The second kappa shape index (κ2) is 8.04. The van der Waals surface area contributed by atoms with E-state index in [9.17, 15) is 14.0 Å². The normalized spacial score (nSPS) is 16.2. The lowest BCUT2D eigenvalue weighted by molar-refractivity contribution is -0.140. The third-order valence-corrected chi connectivity index (χ3v) is 5.02. The number of amides is 1. The summed E-state index contributed by atoms with van der Waals surface area (Å²) in [5.74, 6) is -1.34. The van der Waals surface area contributed by atoms with E-state index in [0.29, 0.717) is 35.4 Å². The van der Waals surface area contributed by atoms with Crippen LogP contribution in [0.3, 0.4) is 0 Å². The molecule has 6 nitrogen and oxygen atoms in total. The van der Waals surface area contributed by atoms with Gasteiger partial charge in [-0.25, -0.2) is 9.37 Å². The van der Waals surface area contributed by atoms with E-state index in [1.165, 1.54) is 6.07 Å². The number of halogens is 1. The summed E-state index contributed by atoms with van der Waals surface area (Å²) >= 11 is 0. The predicted molar refractivity (Wildman–Crippen MR) is 102 cm³/mol. The van der Waals surface area contributed by atoms with Crippen molar-refractivity contribution in [1.82, 2.24) is 15.3 Å². The number of hydrogen-bond acceptors (Lipinski definition) is 5. The highest BCUT2D eigenvalue weighted by atomic mass is 19.1. The maximum atomic E-state index is 14.4. The molecule has 2 atom stereocenters. The summed E-state index contributed by atoms with van der Waals surface area (Å²) in [6.45, 7) is 7.38. The molecule has 2 heterocycles. The number of nitrogens with zero attached hydrogens (tertiary/aromatic N) is 2. The number of carbonyl (C=O) groups excluding carboxylic acids is 2. The first kappa shape index (κ1) is 19.9. The van der Waals surface area contributed by atoms with Crippen LogP contribution in [0.2, 0.25) is 0 Å². The molecule has 0 fully saturated rings. The van der Waals surface area contributed by atoms with E-state index in [0.717, 1.165) is 11.4 Å². The van der Waals surface area contributed by atoms with Crippen molar-refractivity contribution in [2.24, 2.45) is 5.92 Å². The standard InChI is InChI=1S/C21H24FN3O3/c1-5-11(2)19(26)21(27)24-10-14-8-16-17(22)7-6-15(20(16)28-14)18-13(4)23-9-12(3)25-18/h6-7,9,11,14H,5,8,10H2,1-4H3,(H,24,27). The lowest BCUT2D eigenvalue weighted by Crippen LogP contribution is -2.40. The number of ketones is 1. The number of carbonyl (C=O) groups is 2. The van der Waals surface area contributed by atoms with Crippen molar-refractivity contribution in [3.05, 3.63) is 41.1 Å². The van der Waals surface area contributed by atoms with E-state index < -0.39 is 17.8 Å². The first-order chi connectivity index (χ1) is 13.3. The molecule has 2 aromatic rings. The minimum atomic E-state index is -0.630. The summed E-state index contributed by atoms with van der Waals surface area (Å²) in [6.07, 6.45) is 2.14. The molecule has 2 unspecified atom stereocenters. The van der Waals surface area contributed by atoms with Crippen molar-refractivity contribution in [2.45, 2.75) is 46.6 Å². The molecule has 0 radical (unpaired) electrons. The molecule has 1 amide bonds. The van der Waals surface area contributed by atoms with Crippen LogP contribution in [0.15, 0.2) is 18.3 Å². The van der Waals surface area contributed by atoms with Gasteiger partial charge >= 0.3 is 0 Å². The Hall–Kier alpha value is -2.83. The maximum Gasteiger partial charge on any atom is 0.287 e. The number of ether oxygens (including phenoxy) is 1. The minimum absolute atomic E-state index is 0.132. The van der Waals surface area contributed by atoms with Gasteiger partial charge in [-0.1, -0.05) is 13.8 Å². The van der Waals surface area contributed by atoms with Crippen LogP contribution in [0.5, 0.6) is 5.75 Å². The van der Waals surface area contributed by atoms with Crippen molar-refractivity contribution >= 4 is 11.7 Å². The number of benzene rings is 1. The van der Waals surface area contributed by atoms with Crippen LogP contribution in [0.4, 0.5) is 4.39 Å². The van der Waals surface area contributed by atoms with E-state index in [4.69, 9.17) is 4.74 Å². The number of nitrogens with one attached hydrogen (secondary N) is 1. The number of aryl methyl sites for hydroxylation is 2. The van der Waals surface area contributed by atoms with Crippen molar-refractivity contribution < 1.29 is 18.7 Å². The van der Waals surface area contributed by atoms with Gasteiger partial charge < -0.3 is 10.1 Å². The quantitative estimate of drug-likeness (QED) is 0.774. The SMILES string of the molecule is CCC(C)C(=O)C(=O)NCC1Cc2c(F)ccc(-c3nc(C)cnc3C)c2O1. The molecule has 0 saturated carbocycles. The highest BCUT2D eigenvalue weighted by Crippen LogP contribution is 2.40. The van der Waals surface area contributed by atoms with Gasteiger partial charge in [-0.05, 0) is 32.4 Å². The molecule has 0 saturated heterocycles. The van der Waals surface area contributed by atoms with Gasteiger partial charge in [-0.15, -0.1) is 0 Å². The number of Topliss-reactive ketones (excluding diaryl/α,β-unsaturated/α-hetero) is 1. The Bertz CT molecular complexity index is 929. The summed E-state index contributed by atoms with van der Waals surface area (Å²) in [6, 6.07) is 3.03. The molecule has 1 N–H and O–H groups in total. The zero-order chi connectivity index (χ0) is 20.4. The lowest BCUT2D eigenvalue weighted by atomic mass is 10.0. The Kier molecular flexibility index (Phi) is 5.72. The highest BCUT2D eigenvalue weighted by Gasteiger charge is 2.31. The Labute approximate surface area is 163 Å². The Morgan fingerprint density at radius 1 is 1.36 bits per heavy atom. The van der Waals surface area contributed by atoms with Gasteiger partial charge in [0, 0.05) is 29.7 Å². The van der Waals surface area contributed by atoms with Crippen LogP contribution in [-0.2, 0) is 16.0 Å². The maximum absolute atomic E-state index is 14.4. The summed E-state index contributed by atoms with van der Waals surface area (Å²) < 4.78 is 20.3. The molecule has 1 aliphatic heterocycles. The monoisotopic (exact) mass is 385 g/mol. The average Bonchev–Trinajstić information content (AvgIpc) is 3.12. The van der Waals surface area contributed by atoms with Gasteiger partial charge in [0.15, 0.2) is 0 Å². The van der Waals surface area contributed by atoms with Crippen LogP contribution in [0, 0.1) is 25.6 Å². The molecule has 0 spiro atoms. The lowest BCUT2D eigenvalue weighted by Gasteiger charge is -2.14. The smallest absolute Gasteiger partial charge is 0.287 e. The van der Waals surface area contributed by atoms with Gasteiger partial charge in [-0.2, -0.15) is 0 Å². The zero-order valence-electron chi connectivity index (χ0n) is 16.5. The van der Waals surface area contributed by atoms with Crippen LogP contribution in [0.1, 0.15) is 37.2 Å². The molecular formula is C21H24FN3O3. The van der Waals surface area contributed by atoms with E-state index in [1.807, 2.05) is 20.8 Å². The number of hydrogen-bond donors (Lipinski definition) is 1. The first-order valence-corrected chi connectivity index (χ1v) is 9.42. The van der Waals surface area contributed by atoms with Crippen molar-refractivity contribution in [1.29, 1.82) is 0 Å². The number of aromatic nitrogens is 2. The largest absolute Gasteiger partial charge is 0.487 e. The van der Waals surface area contributed by atoms with E-state index >= 15 is 0 Å². The van der Waals surface area contributed by atoms with Gasteiger partial charge in [0.2, 0.25) is 5.78 Å². The second-order valence-electron chi connectivity index (χ2n) is 7.18. The molecule has 1 aliphatic rings. The van der Waals surface area contributed by atoms with Crippen molar-refractivity contribution in [3.63, 3.8) is 0 Å². The molecule has 28 heavy (non-hydrogen) atoms. The summed E-state index contributed by atoms with van der Waals surface area (Å²) in [7, 11) is 0. The van der Waals surface area contributed by atoms with Crippen LogP contribution < -0.4 is 10.1 Å². The van der Waals surface area contributed by atoms with Crippen LogP contribution in [0.25, 0.3) is 11.3 Å². The van der Waals surface area contributed by atoms with E-state index in [2.05, 4.69) is 15.3 Å². The Morgan fingerprint density at radius 2 is 2.11 bits per heavy atom. The summed E-state index contributed by atoms with van der Waals surface area (Å²) in [4.78, 5) is 32.8. The molecule has 1 aromatic carbocycles. The Balaban J connectivity index is 1.79. The van der Waals surface area contributed by atoms with Crippen LogP contribution in [-0.4, -0.2) is 34.3 Å². The zero-order valence-corrected chi connectivity index (χ0v) is 16.5. The van der Waals surface area contributed by atoms with E-state index in [1.54, 1.807) is 19.2 Å². The van der Waals surface area contributed by atoms with Gasteiger partial charge in [0.05, 0.1) is 23.6 Å². The minimum Gasteiger partial charge on any atom is -0.487 e. The average molecular weight is 385 g/mol. The second-order valence-corrected chi connectivity index (χ2v) is 7.18. The third kappa shape index (κ3) is 3.88.